The maximum atomic E-state index is 5.63. The molecule has 0 aliphatic rings. The Labute approximate surface area is 165 Å². The number of hydrogen-bond acceptors (Lipinski definition) is 3. The number of hydrogen-bond donors (Lipinski definition) is 0. The molecule has 3 nitrogen and oxygen atoms in total. The van der Waals surface area contributed by atoms with E-state index in [0.717, 1.165) is 37.9 Å². The Kier molecular flexibility index (Phi) is 9.64. The normalized spacial score (nSPS) is 11.8. The number of unbranched alkanes of at least 4 members (excludes halogenated alkanes) is 2. The van der Waals surface area contributed by atoms with Gasteiger partial charge in [-0.1, -0.05) is 71.7 Å². The van der Waals surface area contributed by atoms with E-state index < -0.39 is 0 Å². The standard InChI is InChI=1S/C24H34N2O/c1-21-12-10-16-23(20-21)24(25-27-19-11-18-26(2)3)17-9-5-8-15-22-13-6-4-7-14-22/h4,6-7,10,12-14,16,20H,5,8-9,11,15,17-19H2,1-3H3/b25-24+. The fraction of sp³-hybridized carbons (Fsp3) is 0.458. The molecule has 0 heterocycles. The van der Waals surface area contributed by atoms with Crippen LogP contribution in [0, 0.1) is 6.92 Å². The second-order valence-corrected chi connectivity index (χ2v) is 7.44. The third kappa shape index (κ3) is 8.87. The molecule has 27 heavy (non-hydrogen) atoms. The van der Waals surface area contributed by atoms with Crippen molar-refractivity contribution in [2.24, 2.45) is 5.16 Å². The van der Waals surface area contributed by atoms with E-state index in [0.29, 0.717) is 6.61 Å². The van der Waals surface area contributed by atoms with Crippen molar-refractivity contribution >= 4 is 5.71 Å². The zero-order valence-electron chi connectivity index (χ0n) is 17.2. The summed E-state index contributed by atoms with van der Waals surface area (Å²) in [5.41, 5.74) is 4.94. The number of benzene rings is 2. The van der Waals surface area contributed by atoms with E-state index in [1.807, 2.05) is 0 Å². The minimum atomic E-state index is 0.668. The summed E-state index contributed by atoms with van der Waals surface area (Å²) < 4.78 is 0. The highest BCUT2D eigenvalue weighted by molar-refractivity contribution is 6.00. The number of rotatable bonds is 12. The molecule has 3 heteroatoms. The molecular formula is C24H34N2O. The van der Waals surface area contributed by atoms with E-state index >= 15 is 0 Å². The molecule has 0 atom stereocenters. The first-order chi connectivity index (χ1) is 13.1. The fourth-order valence-electron chi connectivity index (χ4n) is 3.08. The van der Waals surface area contributed by atoms with Gasteiger partial charge in [0.15, 0.2) is 0 Å². The summed E-state index contributed by atoms with van der Waals surface area (Å²) in [6.07, 6.45) is 6.68. The quantitative estimate of drug-likeness (QED) is 0.283. The van der Waals surface area contributed by atoms with Crippen molar-refractivity contribution in [3.63, 3.8) is 0 Å². The molecule has 0 saturated carbocycles. The smallest absolute Gasteiger partial charge is 0.118 e. The van der Waals surface area contributed by atoms with Gasteiger partial charge in [-0.15, -0.1) is 0 Å². The molecule has 2 aromatic rings. The van der Waals surface area contributed by atoms with Gasteiger partial charge in [-0.2, -0.15) is 0 Å². The SMILES string of the molecule is Cc1cccc(/C(CCCCCc2ccccc2)=N/OCCCN(C)C)c1. The first kappa shape index (κ1) is 21.2. The van der Waals surface area contributed by atoms with Gasteiger partial charge in [0, 0.05) is 6.54 Å². The zero-order chi connectivity index (χ0) is 19.3. The van der Waals surface area contributed by atoms with Crippen molar-refractivity contribution < 1.29 is 4.84 Å². The third-order valence-corrected chi connectivity index (χ3v) is 4.59. The van der Waals surface area contributed by atoms with Crippen LogP contribution in [-0.2, 0) is 11.3 Å². The summed E-state index contributed by atoms with van der Waals surface area (Å²) in [6.45, 7) is 3.81. The van der Waals surface area contributed by atoms with E-state index in [1.165, 1.54) is 29.5 Å². The number of nitrogens with zero attached hydrogens (tertiary/aromatic N) is 2. The maximum absolute atomic E-state index is 5.63. The highest BCUT2D eigenvalue weighted by Gasteiger charge is 2.06. The van der Waals surface area contributed by atoms with Crippen molar-refractivity contribution in [3.8, 4) is 0 Å². The molecule has 0 saturated heterocycles. The van der Waals surface area contributed by atoms with Crippen molar-refractivity contribution in [3.05, 3.63) is 71.3 Å². The monoisotopic (exact) mass is 366 g/mol. The third-order valence-electron chi connectivity index (χ3n) is 4.59. The Morgan fingerprint density at radius 1 is 0.926 bits per heavy atom. The van der Waals surface area contributed by atoms with Crippen LogP contribution in [0.3, 0.4) is 0 Å². The number of oxime groups is 1. The molecule has 2 aromatic carbocycles. The predicted octanol–water partition coefficient (Wildman–Crippen LogP) is 5.47. The van der Waals surface area contributed by atoms with Gasteiger partial charge < -0.3 is 9.74 Å². The van der Waals surface area contributed by atoms with Crippen molar-refractivity contribution in [1.29, 1.82) is 0 Å². The van der Waals surface area contributed by atoms with Crippen LogP contribution >= 0.6 is 0 Å². The van der Waals surface area contributed by atoms with Gasteiger partial charge in [0.25, 0.3) is 0 Å². The molecule has 0 fully saturated rings. The Hall–Kier alpha value is -2.13. The van der Waals surface area contributed by atoms with Gasteiger partial charge in [0.1, 0.15) is 6.61 Å². The van der Waals surface area contributed by atoms with Crippen LogP contribution in [0.2, 0.25) is 0 Å². The average Bonchev–Trinajstić information content (AvgIpc) is 2.66. The van der Waals surface area contributed by atoms with Crippen LogP contribution in [0.25, 0.3) is 0 Å². The minimum Gasteiger partial charge on any atom is -0.396 e. The van der Waals surface area contributed by atoms with Gasteiger partial charge in [-0.3, -0.25) is 0 Å². The molecule has 0 bridgehead atoms. The Morgan fingerprint density at radius 2 is 1.74 bits per heavy atom. The van der Waals surface area contributed by atoms with Gasteiger partial charge in [0.2, 0.25) is 0 Å². The molecule has 0 unspecified atom stereocenters. The summed E-state index contributed by atoms with van der Waals surface area (Å²) in [5, 5.41) is 4.49. The Morgan fingerprint density at radius 3 is 2.48 bits per heavy atom. The lowest BCUT2D eigenvalue weighted by Crippen LogP contribution is -2.14. The maximum Gasteiger partial charge on any atom is 0.118 e. The highest BCUT2D eigenvalue weighted by Crippen LogP contribution is 2.13. The molecule has 0 aromatic heterocycles. The topological polar surface area (TPSA) is 24.8 Å². The van der Waals surface area contributed by atoms with Gasteiger partial charge in [-0.05, 0) is 64.3 Å². The van der Waals surface area contributed by atoms with Crippen LogP contribution in [-0.4, -0.2) is 37.9 Å². The molecular weight excluding hydrogens is 332 g/mol. The number of aryl methyl sites for hydroxylation is 2. The summed E-state index contributed by atoms with van der Waals surface area (Å²) in [7, 11) is 4.16. The lowest BCUT2D eigenvalue weighted by Gasteiger charge is -2.10. The first-order valence-electron chi connectivity index (χ1n) is 10.1. The van der Waals surface area contributed by atoms with Crippen LogP contribution in [0.1, 0.15) is 48.8 Å². The van der Waals surface area contributed by atoms with E-state index in [1.54, 1.807) is 0 Å². The molecule has 146 valence electrons. The summed E-state index contributed by atoms with van der Waals surface area (Å²) in [6, 6.07) is 19.3. The largest absolute Gasteiger partial charge is 0.396 e. The summed E-state index contributed by atoms with van der Waals surface area (Å²) in [5.74, 6) is 0. The van der Waals surface area contributed by atoms with Crippen molar-refractivity contribution in [2.45, 2.75) is 45.4 Å². The molecule has 2 rings (SSSR count). The predicted molar refractivity (Wildman–Crippen MR) is 115 cm³/mol. The molecule has 0 N–H and O–H groups in total. The average molecular weight is 367 g/mol. The van der Waals surface area contributed by atoms with Crippen LogP contribution in [0.4, 0.5) is 0 Å². The second-order valence-electron chi connectivity index (χ2n) is 7.44. The minimum absolute atomic E-state index is 0.668. The van der Waals surface area contributed by atoms with Crippen LogP contribution in [0.15, 0.2) is 59.8 Å². The van der Waals surface area contributed by atoms with E-state index in [4.69, 9.17) is 4.84 Å². The molecule has 0 amide bonds. The van der Waals surface area contributed by atoms with Gasteiger partial charge >= 0.3 is 0 Å². The summed E-state index contributed by atoms with van der Waals surface area (Å²) in [4.78, 5) is 7.80. The lowest BCUT2D eigenvalue weighted by molar-refractivity contribution is 0.134. The van der Waals surface area contributed by atoms with E-state index in [2.05, 4.69) is 85.7 Å². The Bertz CT molecular complexity index is 680. The van der Waals surface area contributed by atoms with Gasteiger partial charge in [0.05, 0.1) is 5.71 Å². The first-order valence-corrected chi connectivity index (χ1v) is 10.1. The molecule has 0 aliphatic heterocycles. The second kappa shape index (κ2) is 12.3. The van der Waals surface area contributed by atoms with Crippen molar-refractivity contribution in [2.75, 3.05) is 27.2 Å². The molecule has 0 aliphatic carbocycles. The fourth-order valence-corrected chi connectivity index (χ4v) is 3.08. The van der Waals surface area contributed by atoms with Crippen molar-refractivity contribution in [1.82, 2.24) is 4.90 Å². The molecule has 0 spiro atoms. The van der Waals surface area contributed by atoms with Gasteiger partial charge in [-0.25, -0.2) is 0 Å². The molecule has 0 radical (unpaired) electrons. The van der Waals surface area contributed by atoms with E-state index in [-0.39, 0.29) is 0 Å². The van der Waals surface area contributed by atoms with Crippen LogP contribution < -0.4 is 0 Å². The lowest BCUT2D eigenvalue weighted by atomic mass is 10.0. The summed E-state index contributed by atoms with van der Waals surface area (Å²) >= 11 is 0. The Balaban J connectivity index is 1.82. The highest BCUT2D eigenvalue weighted by atomic mass is 16.6. The zero-order valence-corrected chi connectivity index (χ0v) is 17.2. The van der Waals surface area contributed by atoms with Crippen LogP contribution in [0.5, 0.6) is 0 Å². The van der Waals surface area contributed by atoms with E-state index in [9.17, 15) is 0 Å².